The molecule has 1 aliphatic heterocycles. The van der Waals surface area contributed by atoms with Gasteiger partial charge in [0.2, 0.25) is 15.9 Å². The summed E-state index contributed by atoms with van der Waals surface area (Å²) in [7, 11) is -3.22. The van der Waals surface area contributed by atoms with Crippen LogP contribution in [0.3, 0.4) is 0 Å². The molecule has 0 aliphatic carbocycles. The highest BCUT2D eigenvalue weighted by atomic mass is 32.2. The fourth-order valence-corrected chi connectivity index (χ4v) is 4.85. The Balaban J connectivity index is 1.83. The number of hydrogen-bond acceptors (Lipinski definition) is 3. The van der Waals surface area contributed by atoms with Crippen molar-refractivity contribution in [2.24, 2.45) is 5.92 Å². The number of sulfonamides is 1. The molecule has 25 heavy (non-hydrogen) atoms. The molecule has 0 radical (unpaired) electrons. The lowest BCUT2D eigenvalue weighted by Gasteiger charge is -2.31. The zero-order valence-corrected chi connectivity index (χ0v) is 16.1. The summed E-state index contributed by atoms with van der Waals surface area (Å²) in [6.07, 6.45) is 3.91. The van der Waals surface area contributed by atoms with Gasteiger partial charge in [0, 0.05) is 19.1 Å². The summed E-state index contributed by atoms with van der Waals surface area (Å²) in [4.78, 5) is 12.5. The van der Waals surface area contributed by atoms with E-state index in [0.717, 1.165) is 25.7 Å². The Bertz CT molecular complexity index is 646. The van der Waals surface area contributed by atoms with Gasteiger partial charge in [-0.3, -0.25) is 4.79 Å². The number of nitrogens with zero attached hydrogens (tertiary/aromatic N) is 1. The van der Waals surface area contributed by atoms with Crippen molar-refractivity contribution in [3.8, 4) is 0 Å². The third-order valence-electron chi connectivity index (χ3n) is 4.71. The third-order valence-corrected chi connectivity index (χ3v) is 6.75. The second kappa shape index (κ2) is 9.34. The predicted molar refractivity (Wildman–Crippen MR) is 101 cm³/mol. The highest BCUT2D eigenvalue weighted by molar-refractivity contribution is 7.89. The van der Waals surface area contributed by atoms with Gasteiger partial charge in [-0.1, -0.05) is 37.3 Å². The molecule has 2 rings (SSSR count). The van der Waals surface area contributed by atoms with Gasteiger partial charge in [-0.25, -0.2) is 12.7 Å². The van der Waals surface area contributed by atoms with Gasteiger partial charge in [-0.15, -0.1) is 0 Å². The first-order valence-electron chi connectivity index (χ1n) is 9.24. The number of aryl methyl sites for hydroxylation is 1. The Labute approximate surface area is 151 Å². The van der Waals surface area contributed by atoms with Gasteiger partial charge in [0.05, 0.1) is 11.7 Å². The first kappa shape index (κ1) is 19.9. The van der Waals surface area contributed by atoms with Crippen molar-refractivity contribution >= 4 is 15.9 Å². The standard InChI is InChI=1S/C19H30N2O3S/c1-3-14-25(23,24)21-13-7-10-18(15-21)19(22)20-16(2)11-12-17-8-5-4-6-9-17/h4-6,8-9,16,18H,3,7,10-15H2,1-2H3,(H,20,22)/t16-,18+/m1/s1. The van der Waals surface area contributed by atoms with E-state index in [1.54, 1.807) is 0 Å². The molecule has 2 atom stereocenters. The van der Waals surface area contributed by atoms with Gasteiger partial charge < -0.3 is 5.32 Å². The molecule has 1 fully saturated rings. The Kier molecular flexibility index (Phi) is 7.44. The maximum absolute atomic E-state index is 12.5. The molecule has 1 saturated heterocycles. The summed E-state index contributed by atoms with van der Waals surface area (Å²) in [5, 5.41) is 3.06. The second-order valence-corrected chi connectivity index (χ2v) is 9.04. The molecule has 6 heteroatoms. The van der Waals surface area contributed by atoms with E-state index >= 15 is 0 Å². The van der Waals surface area contributed by atoms with Crippen LogP contribution in [-0.4, -0.2) is 43.5 Å². The van der Waals surface area contributed by atoms with Crippen LogP contribution >= 0.6 is 0 Å². The average Bonchev–Trinajstić information content (AvgIpc) is 2.61. The monoisotopic (exact) mass is 366 g/mol. The van der Waals surface area contributed by atoms with E-state index in [1.165, 1.54) is 9.87 Å². The molecule has 1 amide bonds. The minimum absolute atomic E-state index is 0.0167. The minimum Gasteiger partial charge on any atom is -0.353 e. The van der Waals surface area contributed by atoms with Crippen molar-refractivity contribution in [3.05, 3.63) is 35.9 Å². The molecule has 1 aromatic rings. The topological polar surface area (TPSA) is 66.5 Å². The van der Waals surface area contributed by atoms with Crippen LogP contribution in [0.2, 0.25) is 0 Å². The Morgan fingerprint density at radius 1 is 1.32 bits per heavy atom. The summed E-state index contributed by atoms with van der Waals surface area (Å²) < 4.78 is 26.0. The highest BCUT2D eigenvalue weighted by Gasteiger charge is 2.32. The van der Waals surface area contributed by atoms with Gasteiger partial charge in [-0.2, -0.15) is 0 Å². The molecule has 1 heterocycles. The first-order valence-corrected chi connectivity index (χ1v) is 10.9. The molecule has 0 unspecified atom stereocenters. The molecule has 0 aromatic heterocycles. The van der Waals surface area contributed by atoms with Crippen LogP contribution in [-0.2, 0) is 21.2 Å². The molecule has 0 saturated carbocycles. The largest absolute Gasteiger partial charge is 0.353 e. The molecule has 0 bridgehead atoms. The summed E-state index contributed by atoms with van der Waals surface area (Å²) in [5.41, 5.74) is 1.26. The summed E-state index contributed by atoms with van der Waals surface area (Å²) >= 11 is 0. The van der Waals surface area contributed by atoms with Crippen LogP contribution in [0.4, 0.5) is 0 Å². The van der Waals surface area contributed by atoms with Gasteiger partial charge in [0.1, 0.15) is 0 Å². The van der Waals surface area contributed by atoms with Crippen LogP contribution in [0.25, 0.3) is 0 Å². The zero-order valence-electron chi connectivity index (χ0n) is 15.3. The number of rotatable bonds is 8. The number of amides is 1. The lowest BCUT2D eigenvalue weighted by Crippen LogP contribution is -2.47. The maximum atomic E-state index is 12.5. The lowest BCUT2D eigenvalue weighted by molar-refractivity contribution is -0.126. The van der Waals surface area contributed by atoms with Crippen LogP contribution in [0.5, 0.6) is 0 Å². The smallest absolute Gasteiger partial charge is 0.224 e. The average molecular weight is 367 g/mol. The van der Waals surface area contributed by atoms with E-state index in [4.69, 9.17) is 0 Å². The molecular formula is C19H30N2O3S. The van der Waals surface area contributed by atoms with E-state index in [-0.39, 0.29) is 23.6 Å². The predicted octanol–water partition coefficient (Wildman–Crippen LogP) is 2.58. The van der Waals surface area contributed by atoms with Gasteiger partial charge >= 0.3 is 0 Å². The molecule has 1 N–H and O–H groups in total. The number of nitrogens with one attached hydrogen (secondary N) is 1. The van der Waals surface area contributed by atoms with Crippen molar-refractivity contribution in [2.75, 3.05) is 18.8 Å². The molecule has 5 nitrogen and oxygen atoms in total. The lowest BCUT2D eigenvalue weighted by atomic mass is 9.98. The quantitative estimate of drug-likeness (QED) is 0.769. The molecular weight excluding hydrogens is 336 g/mol. The zero-order chi connectivity index (χ0) is 18.3. The van der Waals surface area contributed by atoms with Crippen LogP contribution in [0.15, 0.2) is 30.3 Å². The number of piperidine rings is 1. The Hall–Kier alpha value is -1.40. The Morgan fingerprint density at radius 2 is 2.04 bits per heavy atom. The number of hydrogen-bond donors (Lipinski definition) is 1. The van der Waals surface area contributed by atoms with Gasteiger partial charge in [0.25, 0.3) is 0 Å². The van der Waals surface area contributed by atoms with E-state index in [2.05, 4.69) is 17.4 Å². The molecule has 1 aromatic carbocycles. The summed E-state index contributed by atoms with van der Waals surface area (Å²) in [5.74, 6) is -0.0917. The second-order valence-electron chi connectivity index (χ2n) is 6.95. The van der Waals surface area contributed by atoms with Crippen LogP contribution < -0.4 is 5.32 Å². The van der Waals surface area contributed by atoms with E-state index in [0.29, 0.717) is 19.5 Å². The van der Waals surface area contributed by atoms with Crippen molar-refractivity contribution < 1.29 is 13.2 Å². The highest BCUT2D eigenvalue weighted by Crippen LogP contribution is 2.20. The fraction of sp³-hybridized carbons (Fsp3) is 0.632. The van der Waals surface area contributed by atoms with Crippen LogP contribution in [0.1, 0.15) is 45.1 Å². The SMILES string of the molecule is CCCS(=O)(=O)N1CCC[C@H](C(=O)N[C@H](C)CCc2ccccc2)C1. The normalized spacial score (nSPS) is 20.2. The first-order chi connectivity index (χ1) is 11.9. The van der Waals surface area contributed by atoms with Crippen molar-refractivity contribution in [2.45, 2.75) is 52.0 Å². The van der Waals surface area contributed by atoms with Gasteiger partial charge in [0.15, 0.2) is 0 Å². The fourth-order valence-electron chi connectivity index (χ4n) is 3.26. The van der Waals surface area contributed by atoms with Crippen LogP contribution in [0, 0.1) is 5.92 Å². The maximum Gasteiger partial charge on any atom is 0.224 e. The molecule has 0 spiro atoms. The third kappa shape index (κ3) is 6.12. The van der Waals surface area contributed by atoms with E-state index in [9.17, 15) is 13.2 Å². The molecule has 1 aliphatic rings. The van der Waals surface area contributed by atoms with Gasteiger partial charge in [-0.05, 0) is 44.6 Å². The van der Waals surface area contributed by atoms with Crippen molar-refractivity contribution in [1.29, 1.82) is 0 Å². The summed E-state index contributed by atoms with van der Waals surface area (Å²) in [6, 6.07) is 10.3. The molecule has 140 valence electrons. The van der Waals surface area contributed by atoms with E-state index in [1.807, 2.05) is 32.0 Å². The van der Waals surface area contributed by atoms with Crippen molar-refractivity contribution in [3.63, 3.8) is 0 Å². The number of benzene rings is 1. The Morgan fingerprint density at radius 3 is 2.72 bits per heavy atom. The number of carbonyl (C=O) groups is 1. The number of carbonyl (C=O) groups excluding carboxylic acids is 1. The van der Waals surface area contributed by atoms with Crippen molar-refractivity contribution in [1.82, 2.24) is 9.62 Å². The minimum atomic E-state index is -3.22. The summed E-state index contributed by atoms with van der Waals surface area (Å²) in [6.45, 7) is 4.73. The van der Waals surface area contributed by atoms with E-state index < -0.39 is 10.0 Å².